The Morgan fingerprint density at radius 3 is 2.29 bits per heavy atom. The number of ketones is 1. The fourth-order valence-corrected chi connectivity index (χ4v) is 4.74. The van der Waals surface area contributed by atoms with Crippen LogP contribution in [0.1, 0.15) is 69.7 Å². The smallest absolute Gasteiger partial charge is 0.295 e. The van der Waals surface area contributed by atoms with Gasteiger partial charge < -0.3 is 24.4 Å². The minimum atomic E-state index is -0.725. The minimum absolute atomic E-state index is 0.101. The highest BCUT2D eigenvalue weighted by Crippen LogP contribution is 2.42. The van der Waals surface area contributed by atoms with E-state index in [2.05, 4.69) is 25.7 Å². The van der Waals surface area contributed by atoms with E-state index in [1.54, 1.807) is 17.0 Å². The lowest BCUT2D eigenvalue weighted by Gasteiger charge is -2.27. The van der Waals surface area contributed by atoms with Crippen LogP contribution in [0.5, 0.6) is 11.5 Å². The molecule has 2 aromatic rings. The SMILES string of the molecule is CCCCOc1ccc(C2/C(=C(\O)c3ccc(C)cc3)C(=O)C(=O)N2CCCN(CC)CC)cc1OCC. The molecule has 0 aromatic heterocycles. The number of carbonyl (C=O) groups excluding carboxylic acids is 2. The van der Waals surface area contributed by atoms with Crippen molar-refractivity contribution in [2.45, 2.75) is 59.9 Å². The van der Waals surface area contributed by atoms with Gasteiger partial charge in [-0.15, -0.1) is 0 Å². The van der Waals surface area contributed by atoms with E-state index in [0.29, 0.717) is 48.8 Å². The van der Waals surface area contributed by atoms with Gasteiger partial charge in [0, 0.05) is 12.1 Å². The van der Waals surface area contributed by atoms with Gasteiger partial charge in [0.1, 0.15) is 5.76 Å². The molecule has 38 heavy (non-hydrogen) atoms. The number of aliphatic hydroxyl groups excluding tert-OH is 1. The molecule has 0 aliphatic carbocycles. The van der Waals surface area contributed by atoms with E-state index in [0.717, 1.165) is 38.0 Å². The number of likely N-dealkylation sites (tertiary alicyclic amines) is 1. The molecule has 1 N–H and O–H groups in total. The molecule has 1 heterocycles. The first-order valence-corrected chi connectivity index (χ1v) is 13.8. The van der Waals surface area contributed by atoms with Crippen molar-refractivity contribution >= 4 is 17.4 Å². The van der Waals surface area contributed by atoms with Gasteiger partial charge in [0.25, 0.3) is 11.7 Å². The van der Waals surface area contributed by atoms with Crippen molar-refractivity contribution in [3.63, 3.8) is 0 Å². The first-order chi connectivity index (χ1) is 18.4. The quantitative estimate of drug-likeness (QED) is 0.148. The zero-order valence-corrected chi connectivity index (χ0v) is 23.5. The number of Topliss-reactive ketones (excluding diaryl/α,β-unsaturated/α-hetero) is 1. The van der Waals surface area contributed by atoms with Crippen LogP contribution >= 0.6 is 0 Å². The Bertz CT molecular complexity index is 1120. The Morgan fingerprint density at radius 1 is 0.947 bits per heavy atom. The van der Waals surface area contributed by atoms with Crippen molar-refractivity contribution in [3.05, 3.63) is 64.7 Å². The van der Waals surface area contributed by atoms with Gasteiger partial charge in [0.15, 0.2) is 11.5 Å². The second kappa shape index (κ2) is 14.0. The van der Waals surface area contributed by atoms with Crippen LogP contribution < -0.4 is 9.47 Å². The monoisotopic (exact) mass is 522 g/mol. The van der Waals surface area contributed by atoms with Crippen LogP contribution in [0.15, 0.2) is 48.0 Å². The van der Waals surface area contributed by atoms with Crippen molar-refractivity contribution in [1.82, 2.24) is 9.80 Å². The summed E-state index contributed by atoms with van der Waals surface area (Å²) in [5.74, 6) is -0.242. The van der Waals surface area contributed by atoms with Crippen LogP contribution in [0.4, 0.5) is 0 Å². The van der Waals surface area contributed by atoms with Crippen molar-refractivity contribution in [1.29, 1.82) is 0 Å². The molecule has 0 spiro atoms. The number of ether oxygens (including phenoxy) is 2. The summed E-state index contributed by atoms with van der Waals surface area (Å²) in [5.41, 5.74) is 2.34. The second-order valence-electron chi connectivity index (χ2n) is 9.58. The zero-order valence-electron chi connectivity index (χ0n) is 23.5. The molecule has 206 valence electrons. The van der Waals surface area contributed by atoms with Gasteiger partial charge in [-0.1, -0.05) is 63.1 Å². The molecule has 1 saturated heterocycles. The van der Waals surface area contributed by atoms with Gasteiger partial charge in [-0.05, 0) is 64.0 Å². The van der Waals surface area contributed by atoms with Crippen LogP contribution in [0.25, 0.3) is 5.76 Å². The summed E-state index contributed by atoms with van der Waals surface area (Å²) in [7, 11) is 0. The third-order valence-corrected chi connectivity index (χ3v) is 6.97. The molecule has 1 aliphatic rings. The third kappa shape index (κ3) is 6.76. The van der Waals surface area contributed by atoms with Crippen molar-refractivity contribution in [2.75, 3.05) is 39.4 Å². The summed E-state index contributed by atoms with van der Waals surface area (Å²) < 4.78 is 11.8. The molecule has 1 aliphatic heterocycles. The first-order valence-electron chi connectivity index (χ1n) is 13.8. The molecule has 1 fully saturated rings. The standard InChI is InChI=1S/C31H42N2O5/c1-6-10-20-38-25-17-16-24(21-26(25)37-9-4)28-27(29(34)23-14-12-22(5)13-15-23)30(35)31(36)33(28)19-11-18-32(7-2)8-3/h12-17,21,28,34H,6-11,18-20H2,1-5H3/b29-27+. The molecule has 0 saturated carbocycles. The van der Waals surface area contributed by atoms with Gasteiger partial charge in [-0.3, -0.25) is 9.59 Å². The van der Waals surface area contributed by atoms with Gasteiger partial charge in [0.2, 0.25) is 0 Å². The Balaban J connectivity index is 2.07. The van der Waals surface area contributed by atoms with Gasteiger partial charge >= 0.3 is 0 Å². The number of benzene rings is 2. The lowest BCUT2D eigenvalue weighted by Crippen LogP contribution is -2.33. The zero-order chi connectivity index (χ0) is 27.7. The van der Waals surface area contributed by atoms with Gasteiger partial charge in [-0.2, -0.15) is 0 Å². The number of aliphatic hydroxyl groups is 1. The maximum Gasteiger partial charge on any atom is 0.295 e. The molecular weight excluding hydrogens is 480 g/mol. The number of unbranched alkanes of at least 4 members (excludes halogenated alkanes) is 1. The molecule has 1 atom stereocenters. The Hall–Kier alpha value is -3.32. The van der Waals surface area contributed by atoms with Crippen molar-refractivity contribution < 1.29 is 24.2 Å². The van der Waals surface area contributed by atoms with E-state index in [4.69, 9.17) is 9.47 Å². The predicted molar refractivity (Wildman–Crippen MR) is 151 cm³/mol. The summed E-state index contributed by atoms with van der Waals surface area (Å²) in [6.07, 6.45) is 2.66. The topological polar surface area (TPSA) is 79.3 Å². The van der Waals surface area contributed by atoms with E-state index in [1.807, 2.05) is 44.2 Å². The molecule has 0 bridgehead atoms. The van der Waals surface area contributed by atoms with Crippen molar-refractivity contribution in [3.8, 4) is 11.5 Å². The largest absolute Gasteiger partial charge is 0.507 e. The number of hydrogen-bond acceptors (Lipinski definition) is 6. The van der Waals surface area contributed by atoms with Crippen LogP contribution in [0.3, 0.4) is 0 Å². The van der Waals surface area contributed by atoms with Gasteiger partial charge in [-0.25, -0.2) is 0 Å². The molecule has 1 unspecified atom stereocenters. The lowest BCUT2D eigenvalue weighted by molar-refractivity contribution is -0.140. The summed E-state index contributed by atoms with van der Waals surface area (Å²) in [4.78, 5) is 30.6. The number of carbonyl (C=O) groups is 2. The molecule has 7 heteroatoms. The number of aryl methyl sites for hydroxylation is 1. The fourth-order valence-electron chi connectivity index (χ4n) is 4.74. The highest BCUT2D eigenvalue weighted by atomic mass is 16.5. The first kappa shape index (κ1) is 29.2. The molecule has 2 aromatic carbocycles. The summed E-state index contributed by atoms with van der Waals surface area (Å²) in [6.45, 7) is 14.3. The average Bonchev–Trinajstić information content (AvgIpc) is 3.17. The maximum absolute atomic E-state index is 13.4. The Kier molecular flexibility index (Phi) is 10.8. The number of rotatable bonds is 14. The van der Waals surface area contributed by atoms with Crippen LogP contribution in [0, 0.1) is 6.92 Å². The minimum Gasteiger partial charge on any atom is -0.507 e. The number of hydrogen-bond donors (Lipinski definition) is 1. The van der Waals surface area contributed by atoms with E-state index in [-0.39, 0.29) is 11.3 Å². The van der Waals surface area contributed by atoms with Gasteiger partial charge in [0.05, 0.1) is 24.8 Å². The summed E-state index contributed by atoms with van der Waals surface area (Å²) in [5, 5.41) is 11.3. The fraction of sp³-hybridized carbons (Fsp3) is 0.484. The number of nitrogens with zero attached hydrogens (tertiary/aromatic N) is 2. The highest BCUT2D eigenvalue weighted by molar-refractivity contribution is 6.46. The van der Waals surface area contributed by atoms with E-state index in [9.17, 15) is 14.7 Å². The van der Waals surface area contributed by atoms with Crippen LogP contribution in [0.2, 0.25) is 0 Å². The predicted octanol–water partition coefficient (Wildman–Crippen LogP) is 5.73. The third-order valence-electron chi connectivity index (χ3n) is 6.97. The molecule has 3 rings (SSSR count). The Morgan fingerprint density at radius 2 is 1.66 bits per heavy atom. The molecule has 7 nitrogen and oxygen atoms in total. The maximum atomic E-state index is 13.4. The van der Waals surface area contributed by atoms with E-state index in [1.165, 1.54) is 0 Å². The lowest BCUT2D eigenvalue weighted by atomic mass is 9.94. The van der Waals surface area contributed by atoms with E-state index < -0.39 is 17.7 Å². The normalized spacial score (nSPS) is 16.9. The Labute approximate surface area is 227 Å². The summed E-state index contributed by atoms with van der Waals surface area (Å²) >= 11 is 0. The van der Waals surface area contributed by atoms with Crippen LogP contribution in [-0.4, -0.2) is 66.0 Å². The summed E-state index contributed by atoms with van der Waals surface area (Å²) in [6, 6.07) is 12.1. The second-order valence-corrected chi connectivity index (χ2v) is 9.58. The van der Waals surface area contributed by atoms with Crippen LogP contribution in [-0.2, 0) is 9.59 Å². The highest BCUT2D eigenvalue weighted by Gasteiger charge is 2.46. The molecule has 0 radical (unpaired) electrons. The number of amides is 1. The van der Waals surface area contributed by atoms with Crippen molar-refractivity contribution in [2.24, 2.45) is 0 Å². The average molecular weight is 523 g/mol. The molecule has 1 amide bonds. The van der Waals surface area contributed by atoms with E-state index >= 15 is 0 Å². The molecular formula is C31H42N2O5.